The fourth-order valence-corrected chi connectivity index (χ4v) is 1.35. The molecule has 1 aliphatic rings. The van der Waals surface area contributed by atoms with Crippen LogP contribution in [0.1, 0.15) is 19.3 Å². The van der Waals surface area contributed by atoms with E-state index in [1.807, 2.05) is 0 Å². The maximum atomic E-state index is 12.9. The van der Waals surface area contributed by atoms with E-state index in [9.17, 15) is 22.0 Å². The van der Waals surface area contributed by atoms with Crippen LogP contribution in [0.2, 0.25) is 0 Å². The average Bonchev–Trinajstić information content (AvgIpc) is 2.15. The van der Waals surface area contributed by atoms with Crippen LogP contribution < -0.4 is 0 Å². The van der Waals surface area contributed by atoms with Gasteiger partial charge < -0.3 is 4.90 Å². The van der Waals surface area contributed by atoms with Crippen LogP contribution in [-0.4, -0.2) is 24.2 Å². The van der Waals surface area contributed by atoms with Crippen molar-refractivity contribution in [2.45, 2.75) is 25.4 Å². The Labute approximate surface area is 78.2 Å². The summed E-state index contributed by atoms with van der Waals surface area (Å²) in [5.74, 6) is -4.41. The van der Waals surface area contributed by atoms with Crippen LogP contribution in [-0.2, 0) is 0 Å². The summed E-state index contributed by atoms with van der Waals surface area (Å²) in [6.45, 7) is 0.296. The fourth-order valence-electron chi connectivity index (χ4n) is 1.35. The van der Waals surface area contributed by atoms with Gasteiger partial charge in [0.1, 0.15) is 0 Å². The molecule has 1 fully saturated rings. The molecule has 82 valence electrons. The SMILES string of the molecule is FC(=C(F)C(F)(F)F)N1CCCCC1. The number of hydrogen-bond acceptors (Lipinski definition) is 1. The third-order valence-corrected chi connectivity index (χ3v) is 2.06. The van der Waals surface area contributed by atoms with Gasteiger partial charge in [0.2, 0.25) is 5.95 Å². The number of rotatable bonds is 1. The lowest BCUT2D eigenvalue weighted by Crippen LogP contribution is -2.29. The van der Waals surface area contributed by atoms with E-state index in [1.165, 1.54) is 0 Å². The second-order valence-corrected chi connectivity index (χ2v) is 3.15. The molecule has 0 N–H and O–H groups in total. The monoisotopic (exact) mass is 215 g/mol. The average molecular weight is 215 g/mol. The first kappa shape index (κ1) is 11.3. The third kappa shape index (κ3) is 2.59. The van der Waals surface area contributed by atoms with Crippen molar-refractivity contribution in [3.8, 4) is 0 Å². The lowest BCUT2D eigenvalue weighted by molar-refractivity contribution is -0.113. The maximum Gasteiger partial charge on any atom is 0.447 e. The molecule has 1 aliphatic heterocycles. The molecule has 0 aliphatic carbocycles. The van der Waals surface area contributed by atoms with Gasteiger partial charge >= 0.3 is 6.18 Å². The zero-order valence-electron chi connectivity index (χ0n) is 7.37. The van der Waals surface area contributed by atoms with Gasteiger partial charge in [-0.3, -0.25) is 0 Å². The Balaban J connectivity index is 2.74. The van der Waals surface area contributed by atoms with Crippen molar-refractivity contribution in [1.82, 2.24) is 4.90 Å². The van der Waals surface area contributed by atoms with Gasteiger partial charge in [0.15, 0.2) is 0 Å². The van der Waals surface area contributed by atoms with Crippen LogP contribution in [0.5, 0.6) is 0 Å². The summed E-state index contributed by atoms with van der Waals surface area (Å²) < 4.78 is 60.6. The first-order valence-electron chi connectivity index (χ1n) is 4.30. The second-order valence-electron chi connectivity index (χ2n) is 3.15. The van der Waals surface area contributed by atoms with Crippen molar-refractivity contribution in [2.24, 2.45) is 0 Å². The van der Waals surface area contributed by atoms with Gasteiger partial charge in [-0.25, -0.2) is 0 Å². The van der Waals surface area contributed by atoms with Gasteiger partial charge in [0.25, 0.3) is 5.83 Å². The van der Waals surface area contributed by atoms with Crippen LogP contribution in [0.4, 0.5) is 22.0 Å². The standard InChI is InChI=1S/C8H10F5N/c9-6(8(11,12)13)7(10)14-4-2-1-3-5-14/h1-5H2. The minimum Gasteiger partial charge on any atom is -0.346 e. The molecule has 0 radical (unpaired) electrons. The summed E-state index contributed by atoms with van der Waals surface area (Å²) in [5, 5.41) is 0. The second kappa shape index (κ2) is 4.14. The van der Waals surface area contributed by atoms with E-state index in [4.69, 9.17) is 0 Å². The van der Waals surface area contributed by atoms with E-state index in [0.29, 0.717) is 12.8 Å². The minimum absolute atomic E-state index is 0.148. The van der Waals surface area contributed by atoms with Crippen molar-refractivity contribution in [1.29, 1.82) is 0 Å². The molecule has 0 aromatic rings. The van der Waals surface area contributed by atoms with Gasteiger partial charge in [-0.2, -0.15) is 22.0 Å². The number of piperidine rings is 1. The number of alkyl halides is 3. The van der Waals surface area contributed by atoms with E-state index >= 15 is 0 Å². The summed E-state index contributed by atoms with van der Waals surface area (Å²) in [6.07, 6.45) is -3.18. The van der Waals surface area contributed by atoms with E-state index in [2.05, 4.69) is 0 Å². The van der Waals surface area contributed by atoms with Gasteiger partial charge in [0, 0.05) is 13.1 Å². The van der Waals surface area contributed by atoms with Crippen LogP contribution in [0.15, 0.2) is 11.8 Å². The molecule has 0 aromatic heterocycles. The molecule has 0 bridgehead atoms. The lowest BCUT2D eigenvalue weighted by Gasteiger charge is -2.27. The van der Waals surface area contributed by atoms with Crippen LogP contribution in [0.25, 0.3) is 0 Å². The van der Waals surface area contributed by atoms with Crippen molar-refractivity contribution in [3.63, 3.8) is 0 Å². The Hall–Kier alpha value is -0.810. The molecule has 1 heterocycles. The number of likely N-dealkylation sites (tertiary alicyclic amines) is 1. The van der Waals surface area contributed by atoms with Crippen molar-refractivity contribution in [2.75, 3.05) is 13.1 Å². The Bertz CT molecular complexity index is 226. The molecule has 1 rings (SSSR count). The van der Waals surface area contributed by atoms with Gasteiger partial charge in [-0.1, -0.05) is 0 Å². The third-order valence-electron chi connectivity index (χ3n) is 2.06. The molecule has 0 aromatic carbocycles. The number of nitrogens with zero attached hydrogens (tertiary/aromatic N) is 1. The molecule has 1 saturated heterocycles. The van der Waals surface area contributed by atoms with Crippen LogP contribution >= 0.6 is 0 Å². The lowest BCUT2D eigenvalue weighted by atomic mass is 10.1. The summed E-state index contributed by atoms with van der Waals surface area (Å²) in [7, 11) is 0. The van der Waals surface area contributed by atoms with Crippen molar-refractivity contribution in [3.05, 3.63) is 11.8 Å². The largest absolute Gasteiger partial charge is 0.447 e. The topological polar surface area (TPSA) is 3.24 Å². The first-order valence-corrected chi connectivity index (χ1v) is 4.30. The Kier molecular flexibility index (Phi) is 3.34. The highest BCUT2D eigenvalue weighted by atomic mass is 19.4. The minimum atomic E-state index is -5.22. The van der Waals surface area contributed by atoms with Gasteiger partial charge in [-0.05, 0) is 19.3 Å². The quantitative estimate of drug-likeness (QED) is 0.479. The summed E-state index contributed by atoms with van der Waals surface area (Å²) in [4.78, 5) is 0.798. The van der Waals surface area contributed by atoms with Crippen molar-refractivity contribution < 1.29 is 22.0 Å². The Morgan fingerprint density at radius 1 is 0.929 bits per heavy atom. The van der Waals surface area contributed by atoms with Crippen LogP contribution in [0.3, 0.4) is 0 Å². The van der Waals surface area contributed by atoms with Crippen molar-refractivity contribution >= 4 is 0 Å². The molecule has 0 saturated carbocycles. The predicted molar refractivity (Wildman–Crippen MR) is 40.7 cm³/mol. The van der Waals surface area contributed by atoms with E-state index in [1.54, 1.807) is 0 Å². The zero-order valence-corrected chi connectivity index (χ0v) is 7.37. The predicted octanol–water partition coefficient (Wildman–Crippen LogP) is 3.14. The zero-order chi connectivity index (χ0) is 10.8. The molecular weight excluding hydrogens is 205 g/mol. The summed E-state index contributed by atoms with van der Waals surface area (Å²) in [6, 6.07) is 0. The van der Waals surface area contributed by atoms with E-state index in [-0.39, 0.29) is 13.1 Å². The number of hydrogen-bond donors (Lipinski definition) is 0. The van der Waals surface area contributed by atoms with Gasteiger partial charge in [-0.15, -0.1) is 0 Å². The smallest absolute Gasteiger partial charge is 0.346 e. The van der Waals surface area contributed by atoms with Crippen LogP contribution in [0, 0.1) is 0 Å². The highest BCUT2D eigenvalue weighted by Gasteiger charge is 2.39. The Morgan fingerprint density at radius 2 is 1.43 bits per heavy atom. The molecular formula is C8H10F5N. The number of allylic oxidation sites excluding steroid dienone is 1. The van der Waals surface area contributed by atoms with Gasteiger partial charge in [0.05, 0.1) is 0 Å². The first-order chi connectivity index (χ1) is 6.43. The highest BCUT2D eigenvalue weighted by molar-refractivity contribution is 5.05. The molecule has 6 heteroatoms. The van der Waals surface area contributed by atoms with E-state index < -0.39 is 18.0 Å². The maximum absolute atomic E-state index is 12.9. The fraction of sp³-hybridized carbons (Fsp3) is 0.750. The molecule has 14 heavy (non-hydrogen) atoms. The highest BCUT2D eigenvalue weighted by Crippen LogP contribution is 2.31. The Morgan fingerprint density at radius 3 is 1.86 bits per heavy atom. The van der Waals surface area contributed by atoms with E-state index in [0.717, 1.165) is 11.3 Å². The molecule has 0 atom stereocenters. The molecule has 0 amide bonds. The summed E-state index contributed by atoms with van der Waals surface area (Å²) in [5.41, 5.74) is 0. The molecule has 0 unspecified atom stereocenters. The number of halogens is 5. The molecule has 1 nitrogen and oxygen atoms in total. The molecule has 0 spiro atoms. The summed E-state index contributed by atoms with van der Waals surface area (Å²) >= 11 is 0. The normalized spacial score (nSPS) is 20.8.